The van der Waals surface area contributed by atoms with Gasteiger partial charge < -0.3 is 5.73 Å². The molecule has 0 radical (unpaired) electrons. The number of hydrogen-bond donors (Lipinski definition) is 1. The summed E-state index contributed by atoms with van der Waals surface area (Å²) >= 11 is 0. The van der Waals surface area contributed by atoms with Crippen molar-refractivity contribution in [1.82, 2.24) is 5.01 Å². The van der Waals surface area contributed by atoms with E-state index in [4.69, 9.17) is 5.73 Å². The molecule has 0 fully saturated rings. The topological polar surface area (TPSA) is 54.0 Å². The van der Waals surface area contributed by atoms with E-state index in [0.29, 0.717) is 0 Å². The molecule has 140 valence electrons. The van der Waals surface area contributed by atoms with E-state index >= 15 is 0 Å². The lowest BCUT2D eigenvalue weighted by Crippen LogP contribution is -2.14. The van der Waals surface area contributed by atoms with Gasteiger partial charge in [0.1, 0.15) is 0 Å². The smallest absolute Gasteiger partial charge is 0.0874 e. The second-order valence-electron chi connectivity index (χ2n) is 6.32. The molecule has 0 aliphatic carbocycles. The Morgan fingerprint density at radius 1 is 0.714 bits per heavy atom. The number of nitrogen functional groups attached to an aromatic ring is 1. The first-order valence-electron chi connectivity index (χ1n) is 9.42. The maximum absolute atomic E-state index is 5.70. The Labute approximate surface area is 166 Å². The minimum atomic E-state index is 0.746. The highest BCUT2D eigenvalue weighted by Crippen LogP contribution is 2.23. The Morgan fingerprint density at radius 2 is 1.18 bits per heavy atom. The number of nitrogens with two attached hydrogens (primary N) is 1. The lowest BCUT2D eigenvalue weighted by molar-refractivity contribution is 0.301. The van der Waals surface area contributed by atoms with Crippen LogP contribution in [0.1, 0.15) is 25.0 Å². The molecule has 28 heavy (non-hydrogen) atoms. The zero-order valence-corrected chi connectivity index (χ0v) is 16.3. The maximum Gasteiger partial charge on any atom is 0.0874 e. The molecular formula is C24H24N4. The summed E-state index contributed by atoms with van der Waals surface area (Å²) in [5.74, 6) is 6.34. The zero-order chi connectivity index (χ0) is 19.8. The largest absolute Gasteiger partial charge is 0.399 e. The third kappa shape index (κ3) is 5.21. The lowest BCUT2D eigenvalue weighted by atomic mass is 10.0. The van der Waals surface area contributed by atoms with Crippen LogP contribution in [0, 0.1) is 11.8 Å². The number of nitrogens with zero attached hydrogens (tertiary/aromatic N) is 3. The first kappa shape index (κ1) is 19.2. The van der Waals surface area contributed by atoms with Crippen molar-refractivity contribution in [1.29, 1.82) is 0 Å². The standard InChI is InChI=1S/C24H24N4/c1-3-28(4-2)27-26-24-17-13-22(14-18-24)21-11-7-19(8-12-21)5-6-20-9-15-23(25)16-10-20/h7-18H,3-4,25H2,1-2H3/b27-26+. The van der Waals surface area contributed by atoms with Crippen molar-refractivity contribution in [2.45, 2.75) is 13.8 Å². The Morgan fingerprint density at radius 3 is 1.68 bits per heavy atom. The van der Waals surface area contributed by atoms with Crippen LogP contribution in [0.5, 0.6) is 0 Å². The normalized spacial score (nSPS) is 10.5. The van der Waals surface area contributed by atoms with Crippen LogP contribution in [0.25, 0.3) is 11.1 Å². The van der Waals surface area contributed by atoms with Gasteiger partial charge in [0.15, 0.2) is 0 Å². The van der Waals surface area contributed by atoms with Gasteiger partial charge in [0.2, 0.25) is 0 Å². The van der Waals surface area contributed by atoms with E-state index in [1.54, 1.807) is 0 Å². The molecule has 3 aromatic carbocycles. The van der Waals surface area contributed by atoms with Gasteiger partial charge in [-0.05, 0) is 73.5 Å². The molecule has 0 atom stereocenters. The highest BCUT2D eigenvalue weighted by Gasteiger charge is 1.99. The molecular weight excluding hydrogens is 344 g/mol. The van der Waals surface area contributed by atoms with Gasteiger partial charge in [-0.2, -0.15) is 0 Å². The molecule has 0 saturated heterocycles. The van der Waals surface area contributed by atoms with Gasteiger partial charge >= 0.3 is 0 Å². The first-order chi connectivity index (χ1) is 13.7. The van der Waals surface area contributed by atoms with Gasteiger partial charge in [-0.3, -0.25) is 5.01 Å². The molecule has 3 aromatic rings. The van der Waals surface area contributed by atoms with Gasteiger partial charge in [0, 0.05) is 29.9 Å². The van der Waals surface area contributed by atoms with Gasteiger partial charge in [-0.15, -0.1) is 5.11 Å². The van der Waals surface area contributed by atoms with E-state index in [-0.39, 0.29) is 0 Å². The van der Waals surface area contributed by atoms with Crippen LogP contribution >= 0.6 is 0 Å². The third-order valence-electron chi connectivity index (χ3n) is 4.36. The van der Waals surface area contributed by atoms with Crippen LogP contribution in [0.2, 0.25) is 0 Å². The van der Waals surface area contributed by atoms with Crippen LogP contribution in [-0.2, 0) is 0 Å². The molecule has 0 unspecified atom stereocenters. The van der Waals surface area contributed by atoms with Crippen LogP contribution in [0.3, 0.4) is 0 Å². The summed E-state index contributed by atoms with van der Waals surface area (Å²) in [6, 6.07) is 23.9. The SMILES string of the molecule is CCN(CC)/N=N/c1ccc(-c2ccc(C#Cc3ccc(N)cc3)cc2)cc1. The molecule has 4 nitrogen and oxygen atoms in total. The van der Waals surface area contributed by atoms with Crippen LogP contribution in [0.15, 0.2) is 83.1 Å². The fourth-order valence-corrected chi connectivity index (χ4v) is 2.64. The summed E-state index contributed by atoms with van der Waals surface area (Å²) in [7, 11) is 0. The summed E-state index contributed by atoms with van der Waals surface area (Å²) in [6.07, 6.45) is 0. The van der Waals surface area contributed by atoms with E-state index in [1.807, 2.05) is 53.5 Å². The molecule has 3 rings (SSSR count). The van der Waals surface area contributed by atoms with E-state index in [9.17, 15) is 0 Å². The lowest BCUT2D eigenvalue weighted by Gasteiger charge is -2.11. The quantitative estimate of drug-likeness (QED) is 0.273. The first-order valence-corrected chi connectivity index (χ1v) is 9.42. The van der Waals surface area contributed by atoms with Crippen LogP contribution < -0.4 is 5.73 Å². The second-order valence-corrected chi connectivity index (χ2v) is 6.32. The van der Waals surface area contributed by atoms with Gasteiger partial charge in [-0.1, -0.05) is 41.3 Å². The van der Waals surface area contributed by atoms with Crippen molar-refractivity contribution in [3.05, 3.63) is 83.9 Å². The molecule has 0 saturated carbocycles. The Bertz CT molecular complexity index is 972. The van der Waals surface area contributed by atoms with Gasteiger partial charge in [0.25, 0.3) is 0 Å². The summed E-state index contributed by atoms with van der Waals surface area (Å²) in [5, 5.41) is 10.4. The molecule has 0 spiro atoms. The number of anilines is 1. The molecule has 0 aromatic heterocycles. The molecule has 0 aliphatic heterocycles. The highest BCUT2D eigenvalue weighted by molar-refractivity contribution is 5.66. The molecule has 0 heterocycles. The average molecular weight is 368 g/mol. The summed E-state index contributed by atoms with van der Waals surface area (Å²) < 4.78 is 0. The van der Waals surface area contributed by atoms with E-state index in [0.717, 1.165) is 46.7 Å². The zero-order valence-electron chi connectivity index (χ0n) is 16.3. The van der Waals surface area contributed by atoms with Crippen LogP contribution in [0.4, 0.5) is 11.4 Å². The van der Waals surface area contributed by atoms with E-state index in [2.05, 4.69) is 60.3 Å². The molecule has 0 bridgehead atoms. The third-order valence-corrected chi connectivity index (χ3v) is 4.36. The summed E-state index contributed by atoms with van der Waals surface area (Å²) in [6.45, 7) is 5.84. The maximum atomic E-state index is 5.70. The number of hydrogen-bond acceptors (Lipinski definition) is 3. The van der Waals surface area contributed by atoms with Crippen molar-refractivity contribution in [3.8, 4) is 23.0 Å². The van der Waals surface area contributed by atoms with Gasteiger partial charge in [0.05, 0.1) is 5.69 Å². The molecule has 2 N–H and O–H groups in total. The van der Waals surface area contributed by atoms with E-state index in [1.165, 1.54) is 0 Å². The predicted molar refractivity (Wildman–Crippen MR) is 116 cm³/mol. The monoisotopic (exact) mass is 368 g/mol. The van der Waals surface area contributed by atoms with E-state index < -0.39 is 0 Å². The molecule has 0 amide bonds. The minimum Gasteiger partial charge on any atom is -0.399 e. The summed E-state index contributed by atoms with van der Waals surface area (Å²) in [5.41, 5.74) is 11.5. The minimum absolute atomic E-state index is 0.746. The van der Waals surface area contributed by atoms with Crippen molar-refractivity contribution < 1.29 is 0 Å². The Balaban J connectivity index is 1.69. The number of benzene rings is 3. The van der Waals surface area contributed by atoms with Crippen molar-refractivity contribution in [2.24, 2.45) is 10.3 Å². The number of rotatable bonds is 5. The fraction of sp³-hybridized carbons (Fsp3) is 0.167. The molecule has 4 heteroatoms. The van der Waals surface area contributed by atoms with Crippen molar-refractivity contribution in [3.63, 3.8) is 0 Å². The highest BCUT2D eigenvalue weighted by atomic mass is 15.5. The van der Waals surface area contributed by atoms with Crippen LogP contribution in [-0.4, -0.2) is 18.1 Å². The summed E-state index contributed by atoms with van der Waals surface area (Å²) in [4.78, 5) is 0. The Hall–Kier alpha value is -3.58. The predicted octanol–water partition coefficient (Wildman–Crippen LogP) is 5.68. The van der Waals surface area contributed by atoms with Crippen molar-refractivity contribution >= 4 is 11.4 Å². The van der Waals surface area contributed by atoms with Gasteiger partial charge in [-0.25, -0.2) is 0 Å². The Kier molecular flexibility index (Phi) is 6.43. The fourth-order valence-electron chi connectivity index (χ4n) is 2.64. The second kappa shape index (κ2) is 9.38. The molecule has 0 aliphatic rings. The average Bonchev–Trinajstić information content (AvgIpc) is 2.75. The van der Waals surface area contributed by atoms with Crippen molar-refractivity contribution in [2.75, 3.05) is 18.8 Å².